The molecule has 0 saturated carbocycles. The number of aliphatic hydroxyl groups excluding tert-OH is 11. The summed E-state index contributed by atoms with van der Waals surface area (Å²) in [5.41, 5.74) is 0. The molecule has 0 spiro atoms. The van der Waals surface area contributed by atoms with Crippen molar-refractivity contribution >= 4 is 5.91 Å². The van der Waals surface area contributed by atoms with Gasteiger partial charge in [0.1, 0.15) is 73.2 Å². The third kappa shape index (κ3) is 27.6. The van der Waals surface area contributed by atoms with Gasteiger partial charge in [-0.25, -0.2) is 0 Å². The van der Waals surface area contributed by atoms with Crippen molar-refractivity contribution in [2.45, 2.75) is 304 Å². The smallest absolute Gasteiger partial charge is 0.220 e. The van der Waals surface area contributed by atoms with Gasteiger partial charge in [0, 0.05) is 6.42 Å². The summed E-state index contributed by atoms with van der Waals surface area (Å²) in [7, 11) is 0. The van der Waals surface area contributed by atoms with E-state index in [1.807, 2.05) is 0 Å². The number of hydrogen-bond donors (Lipinski definition) is 12. The molecule has 0 aromatic heterocycles. The maximum Gasteiger partial charge on any atom is 0.220 e. The first-order chi connectivity index (χ1) is 38.8. The summed E-state index contributed by atoms with van der Waals surface area (Å²) in [6.07, 6.45) is 22.1. The van der Waals surface area contributed by atoms with Crippen molar-refractivity contribution in [1.82, 2.24) is 5.32 Å². The number of hydrogen-bond acceptors (Lipinski definition) is 18. The van der Waals surface area contributed by atoms with Crippen molar-refractivity contribution in [2.24, 2.45) is 0 Å². The molecular weight excluding hydrogens is 1030 g/mol. The molecule has 0 radical (unpaired) electrons. The number of rotatable bonds is 45. The van der Waals surface area contributed by atoms with E-state index in [0.29, 0.717) is 12.8 Å². The normalized spacial score (nSPS) is 30.3. The van der Waals surface area contributed by atoms with Crippen LogP contribution >= 0.6 is 0 Å². The maximum absolute atomic E-state index is 13.3. The number of allylic oxidation sites excluding steroid dienone is 8. The number of carbonyl (C=O) groups is 1. The van der Waals surface area contributed by atoms with Crippen LogP contribution in [-0.2, 0) is 33.2 Å². The Balaban J connectivity index is 1.42. The zero-order valence-electron chi connectivity index (χ0n) is 48.5. The highest BCUT2D eigenvalue weighted by molar-refractivity contribution is 5.76. The van der Waals surface area contributed by atoms with E-state index >= 15 is 0 Å². The minimum Gasteiger partial charge on any atom is -0.394 e. The highest BCUT2D eigenvalue weighted by Crippen LogP contribution is 2.33. The zero-order chi connectivity index (χ0) is 58.3. The highest BCUT2D eigenvalue weighted by atomic mass is 16.8. The lowest BCUT2D eigenvalue weighted by atomic mass is 9.96. The Morgan fingerprint density at radius 1 is 0.463 bits per heavy atom. The van der Waals surface area contributed by atoms with Gasteiger partial charge in [0.2, 0.25) is 5.91 Å². The van der Waals surface area contributed by atoms with E-state index in [9.17, 15) is 61.0 Å². The molecule has 0 aromatic carbocycles. The minimum absolute atomic E-state index is 0.249. The van der Waals surface area contributed by atoms with E-state index in [0.717, 1.165) is 77.0 Å². The van der Waals surface area contributed by atoms with Crippen LogP contribution in [0.2, 0.25) is 0 Å². The number of amides is 1. The van der Waals surface area contributed by atoms with Gasteiger partial charge >= 0.3 is 0 Å². The summed E-state index contributed by atoms with van der Waals surface area (Å²) in [5.74, 6) is -0.249. The first-order valence-corrected chi connectivity index (χ1v) is 30.9. The second-order valence-electron chi connectivity index (χ2n) is 22.1. The molecule has 1 amide bonds. The van der Waals surface area contributed by atoms with Gasteiger partial charge in [-0.15, -0.1) is 0 Å². The van der Waals surface area contributed by atoms with Gasteiger partial charge in [-0.3, -0.25) is 4.79 Å². The number of aliphatic hydroxyl groups is 11. The van der Waals surface area contributed by atoms with Crippen LogP contribution in [0.1, 0.15) is 200 Å². The fourth-order valence-electron chi connectivity index (χ4n) is 10.4. The molecule has 0 bridgehead atoms. The van der Waals surface area contributed by atoms with Gasteiger partial charge in [-0.2, -0.15) is 0 Å². The summed E-state index contributed by atoms with van der Waals surface area (Å²) in [4.78, 5) is 13.3. The quantitative estimate of drug-likeness (QED) is 0.0250. The molecule has 80 heavy (non-hydrogen) atoms. The lowest BCUT2D eigenvalue weighted by molar-refractivity contribution is -0.379. The van der Waals surface area contributed by atoms with E-state index in [1.165, 1.54) is 89.9 Å². The summed E-state index contributed by atoms with van der Waals surface area (Å²) in [6.45, 7) is 1.64. The Bertz CT molecular complexity index is 1650. The van der Waals surface area contributed by atoms with Crippen LogP contribution in [0.15, 0.2) is 48.6 Å². The molecule has 12 N–H and O–H groups in total. The molecule has 19 nitrogen and oxygen atoms in total. The SMILES string of the molecule is CC/C=C\C/C=C\C/C=C\C/C=C\CCCCCCCCCCCCCCC(=O)NC(COC1OC(CO)C(OC2OC(CO)C(OC3OC(CO)C(O)C(O)C3O)C(O)C2O)C(O)C1O)C(O)CCCCCCCCCCCC. The Kier molecular flexibility index (Phi) is 39.8. The Labute approximate surface area is 478 Å². The maximum atomic E-state index is 13.3. The second kappa shape index (κ2) is 44.3. The van der Waals surface area contributed by atoms with Crippen molar-refractivity contribution in [3.8, 4) is 0 Å². The molecule has 3 rings (SSSR count). The van der Waals surface area contributed by atoms with Crippen LogP contribution in [0, 0.1) is 0 Å². The number of ether oxygens (including phenoxy) is 6. The first kappa shape index (κ1) is 72.0. The molecule has 17 atom stereocenters. The molecule has 17 unspecified atom stereocenters. The molecule has 3 aliphatic heterocycles. The van der Waals surface area contributed by atoms with Crippen LogP contribution in [-0.4, -0.2) is 193 Å². The van der Waals surface area contributed by atoms with Crippen LogP contribution in [0.25, 0.3) is 0 Å². The Hall–Kier alpha value is -2.25. The van der Waals surface area contributed by atoms with Gasteiger partial charge < -0.3 is 89.9 Å². The Morgan fingerprint density at radius 3 is 1.35 bits per heavy atom. The number of nitrogens with one attached hydrogen (secondary N) is 1. The molecule has 466 valence electrons. The molecule has 3 saturated heterocycles. The molecular formula is C61H109NO18. The zero-order valence-corrected chi connectivity index (χ0v) is 48.5. The van der Waals surface area contributed by atoms with E-state index < -0.39 is 124 Å². The molecule has 0 aromatic rings. The van der Waals surface area contributed by atoms with Gasteiger partial charge in [0.15, 0.2) is 18.9 Å². The molecule has 3 aliphatic rings. The lowest BCUT2D eigenvalue weighted by Crippen LogP contribution is -2.66. The van der Waals surface area contributed by atoms with Gasteiger partial charge in [-0.05, 0) is 51.4 Å². The van der Waals surface area contributed by atoms with Crippen molar-refractivity contribution in [1.29, 1.82) is 0 Å². The summed E-state index contributed by atoms with van der Waals surface area (Å²) < 4.78 is 34.3. The van der Waals surface area contributed by atoms with Crippen LogP contribution in [0.4, 0.5) is 0 Å². The monoisotopic (exact) mass is 1140 g/mol. The van der Waals surface area contributed by atoms with E-state index in [2.05, 4.69) is 67.8 Å². The van der Waals surface area contributed by atoms with Gasteiger partial charge in [0.25, 0.3) is 0 Å². The van der Waals surface area contributed by atoms with Crippen molar-refractivity contribution < 1.29 is 89.4 Å². The number of unbranched alkanes of at least 4 members (excludes halogenated alkanes) is 21. The summed E-state index contributed by atoms with van der Waals surface area (Å²) in [6, 6.07) is -0.887. The fraction of sp³-hybridized carbons (Fsp3) is 0.852. The minimum atomic E-state index is -1.97. The van der Waals surface area contributed by atoms with Crippen molar-refractivity contribution in [3.05, 3.63) is 48.6 Å². The number of carbonyl (C=O) groups excluding carboxylic acids is 1. The predicted octanol–water partition coefficient (Wildman–Crippen LogP) is 5.87. The molecule has 3 heterocycles. The third-order valence-corrected chi connectivity index (χ3v) is 15.4. The van der Waals surface area contributed by atoms with E-state index in [4.69, 9.17) is 28.4 Å². The highest BCUT2D eigenvalue weighted by Gasteiger charge is 2.53. The van der Waals surface area contributed by atoms with E-state index in [1.54, 1.807) is 0 Å². The molecule has 0 aliphatic carbocycles. The molecule has 3 fully saturated rings. The van der Waals surface area contributed by atoms with Crippen molar-refractivity contribution in [2.75, 3.05) is 26.4 Å². The van der Waals surface area contributed by atoms with Gasteiger partial charge in [0.05, 0.1) is 38.6 Å². The fourth-order valence-corrected chi connectivity index (χ4v) is 10.4. The topological polar surface area (TPSA) is 307 Å². The Morgan fingerprint density at radius 2 is 0.863 bits per heavy atom. The third-order valence-electron chi connectivity index (χ3n) is 15.4. The van der Waals surface area contributed by atoms with Crippen LogP contribution in [0.3, 0.4) is 0 Å². The van der Waals surface area contributed by atoms with Gasteiger partial charge in [-0.1, -0.05) is 191 Å². The van der Waals surface area contributed by atoms with E-state index in [-0.39, 0.29) is 18.9 Å². The van der Waals surface area contributed by atoms with Crippen molar-refractivity contribution in [3.63, 3.8) is 0 Å². The average molecular weight is 1140 g/mol. The predicted molar refractivity (Wildman–Crippen MR) is 305 cm³/mol. The largest absolute Gasteiger partial charge is 0.394 e. The standard InChI is InChI=1S/C61H109NO18/c1-3-5-7-9-11-13-15-16-17-18-19-20-21-22-23-24-25-26-27-28-29-31-33-35-37-39-49(67)62-44(45(66)38-36-34-32-30-14-12-10-8-6-4-2)43-75-59-55(73)52(70)57(47(41-64)77-59)80-61-56(74)53(71)58(48(42-65)78-61)79-60-54(72)51(69)50(68)46(40-63)76-60/h5,7,11,13,16-17,19-20,44-48,50-61,63-66,68-74H,3-4,6,8-10,12,14-15,18,21-43H2,1-2H3,(H,62,67)/b7-5-,13-11-,17-16-,20-19-. The summed E-state index contributed by atoms with van der Waals surface area (Å²) >= 11 is 0. The van der Waals surface area contributed by atoms with Crippen LogP contribution in [0.5, 0.6) is 0 Å². The second-order valence-corrected chi connectivity index (χ2v) is 22.1. The molecule has 19 heteroatoms. The lowest BCUT2D eigenvalue weighted by Gasteiger charge is -2.48. The summed E-state index contributed by atoms with van der Waals surface area (Å²) in [5, 5.41) is 120. The average Bonchev–Trinajstić information content (AvgIpc) is 3.47. The van der Waals surface area contributed by atoms with Crippen LogP contribution < -0.4 is 5.32 Å². The first-order valence-electron chi connectivity index (χ1n) is 30.9.